The molecule has 1 aliphatic carbocycles. The summed E-state index contributed by atoms with van der Waals surface area (Å²) >= 11 is 0. The van der Waals surface area contributed by atoms with E-state index in [1.54, 1.807) is 0 Å². The number of hydrogen-bond donors (Lipinski definition) is 1. The number of likely N-dealkylation sites (tertiary alicyclic amines) is 1. The minimum atomic E-state index is -0.632. The van der Waals surface area contributed by atoms with Crippen molar-refractivity contribution < 1.29 is 4.79 Å². The van der Waals surface area contributed by atoms with E-state index in [1.165, 1.54) is 11.3 Å². The van der Waals surface area contributed by atoms with E-state index in [0.717, 1.165) is 31.5 Å². The van der Waals surface area contributed by atoms with Gasteiger partial charge in [-0.3, -0.25) is 14.7 Å². The van der Waals surface area contributed by atoms with Gasteiger partial charge >= 0.3 is 0 Å². The summed E-state index contributed by atoms with van der Waals surface area (Å²) in [5, 5.41) is 3.26. The third-order valence-electron chi connectivity index (χ3n) is 8.16. The number of aliphatic imine (C=N–C) groups is 1. The first-order valence-corrected chi connectivity index (χ1v) is 12.8. The highest BCUT2D eigenvalue weighted by Gasteiger charge is 2.63. The summed E-state index contributed by atoms with van der Waals surface area (Å²) in [7, 11) is 4.15. The van der Waals surface area contributed by atoms with Crippen LogP contribution in [0.15, 0.2) is 59.6 Å². The lowest BCUT2D eigenvalue weighted by Crippen LogP contribution is -2.63. The maximum Gasteiger partial charge on any atom is 0.248 e. The minimum Gasteiger partial charge on any atom is -0.378 e. The zero-order valence-electron chi connectivity index (χ0n) is 20.9. The topological polar surface area (TPSA) is 47.9 Å². The number of benzene rings is 2. The van der Waals surface area contributed by atoms with E-state index in [9.17, 15) is 4.79 Å². The Labute approximate surface area is 204 Å². The first-order chi connectivity index (χ1) is 16.4. The Kier molecular flexibility index (Phi) is 6.24. The Balaban J connectivity index is 1.38. The van der Waals surface area contributed by atoms with Crippen LogP contribution in [0.4, 0.5) is 5.69 Å². The molecule has 6 rings (SSSR count). The molecule has 4 aliphatic rings. The summed E-state index contributed by atoms with van der Waals surface area (Å²) in [6.45, 7) is 7.11. The quantitative estimate of drug-likeness (QED) is 0.639. The molecule has 1 N–H and O–H groups in total. The number of hydrogen-bond acceptors (Lipinski definition) is 4. The predicted molar refractivity (Wildman–Crippen MR) is 139 cm³/mol. The maximum absolute atomic E-state index is 13.8. The van der Waals surface area contributed by atoms with Crippen LogP contribution in [0, 0.1) is 23.7 Å². The van der Waals surface area contributed by atoms with Gasteiger partial charge in [-0.1, -0.05) is 56.3 Å². The van der Waals surface area contributed by atoms with Crippen molar-refractivity contribution in [3.05, 3.63) is 65.7 Å². The third-order valence-corrected chi connectivity index (χ3v) is 8.16. The van der Waals surface area contributed by atoms with Gasteiger partial charge in [0, 0.05) is 63.5 Å². The standard InChI is InChI=1S/C29H38N4O/c1-20(2)14-26-27-25-17-31-29(26,28(34)30-16-21-8-6-5-7-9-21)15-23(25)19-33(27)18-22-10-12-24(13-11-22)32(3)4/h5-13,17,20,23,25-27H,14-16,18-19H2,1-4H3,(H,30,34). The lowest BCUT2D eigenvalue weighted by Gasteiger charge is -2.51. The fourth-order valence-corrected chi connectivity index (χ4v) is 6.60. The zero-order valence-corrected chi connectivity index (χ0v) is 20.9. The molecule has 1 saturated carbocycles. The Morgan fingerprint density at radius 2 is 1.85 bits per heavy atom. The molecule has 1 amide bonds. The first kappa shape index (κ1) is 23.1. The molecule has 2 aromatic rings. The van der Waals surface area contributed by atoms with Crippen LogP contribution in [0.25, 0.3) is 0 Å². The van der Waals surface area contributed by atoms with Gasteiger partial charge in [-0.25, -0.2) is 0 Å². The highest BCUT2D eigenvalue weighted by atomic mass is 16.2. The van der Waals surface area contributed by atoms with Crippen molar-refractivity contribution in [1.82, 2.24) is 10.2 Å². The van der Waals surface area contributed by atoms with E-state index >= 15 is 0 Å². The molecular formula is C29H38N4O. The van der Waals surface area contributed by atoms with Gasteiger partial charge in [0.1, 0.15) is 5.54 Å². The largest absolute Gasteiger partial charge is 0.378 e. The molecule has 0 spiro atoms. The Hall–Kier alpha value is -2.66. The molecule has 5 atom stereocenters. The van der Waals surface area contributed by atoms with Crippen molar-refractivity contribution >= 4 is 17.8 Å². The SMILES string of the molecule is CC(C)CC1C2C3C=NC1(C(=O)NCc1ccccc1)CC3CN2Cc1ccc(N(C)C)cc1. The molecule has 2 aromatic carbocycles. The number of anilines is 1. The lowest BCUT2D eigenvalue weighted by atomic mass is 9.59. The van der Waals surface area contributed by atoms with Crippen LogP contribution in [-0.4, -0.2) is 49.2 Å². The molecule has 2 fully saturated rings. The molecule has 3 aliphatic heterocycles. The number of nitrogens with one attached hydrogen (secondary N) is 1. The second-order valence-electron chi connectivity index (χ2n) is 11.1. The van der Waals surface area contributed by atoms with Crippen molar-refractivity contribution in [2.45, 2.75) is 51.4 Å². The second kappa shape index (κ2) is 9.18. The number of rotatable bonds is 8. The Morgan fingerprint density at radius 3 is 2.53 bits per heavy atom. The molecule has 3 heterocycles. The van der Waals surface area contributed by atoms with Crippen molar-refractivity contribution in [3.63, 3.8) is 0 Å². The van der Waals surface area contributed by atoms with Crippen molar-refractivity contribution in [2.75, 3.05) is 25.5 Å². The number of amides is 1. The molecular weight excluding hydrogens is 420 g/mol. The molecule has 0 radical (unpaired) electrons. The van der Waals surface area contributed by atoms with Gasteiger partial charge in [-0.2, -0.15) is 0 Å². The second-order valence-corrected chi connectivity index (χ2v) is 11.1. The summed E-state index contributed by atoms with van der Waals surface area (Å²) < 4.78 is 0. The molecule has 5 unspecified atom stereocenters. The molecule has 34 heavy (non-hydrogen) atoms. The van der Waals surface area contributed by atoms with Gasteiger partial charge in [0.05, 0.1) is 0 Å². The van der Waals surface area contributed by atoms with Gasteiger partial charge in [-0.15, -0.1) is 0 Å². The highest BCUT2D eigenvalue weighted by Crippen LogP contribution is 2.55. The van der Waals surface area contributed by atoms with E-state index in [4.69, 9.17) is 4.99 Å². The summed E-state index contributed by atoms with van der Waals surface area (Å²) in [5.74, 6) is 1.86. The first-order valence-electron chi connectivity index (χ1n) is 12.8. The van der Waals surface area contributed by atoms with Crippen LogP contribution in [0.3, 0.4) is 0 Å². The molecule has 4 bridgehead atoms. The lowest BCUT2D eigenvalue weighted by molar-refractivity contribution is -0.132. The van der Waals surface area contributed by atoms with Crippen LogP contribution >= 0.6 is 0 Å². The van der Waals surface area contributed by atoms with E-state index < -0.39 is 5.54 Å². The van der Waals surface area contributed by atoms with Crippen LogP contribution in [0.1, 0.15) is 37.8 Å². The summed E-state index contributed by atoms with van der Waals surface area (Å²) in [4.78, 5) is 23.6. The van der Waals surface area contributed by atoms with Gasteiger partial charge in [-0.05, 0) is 47.9 Å². The average molecular weight is 459 g/mol. The minimum absolute atomic E-state index is 0.114. The third kappa shape index (κ3) is 4.15. The molecule has 5 heteroatoms. The van der Waals surface area contributed by atoms with Crippen molar-refractivity contribution in [3.8, 4) is 0 Å². The number of carbonyl (C=O) groups excluding carboxylic acids is 1. The molecule has 1 saturated heterocycles. The zero-order chi connectivity index (χ0) is 23.9. The summed E-state index contributed by atoms with van der Waals surface area (Å²) in [5.41, 5.74) is 3.07. The van der Waals surface area contributed by atoms with Gasteiger partial charge in [0.25, 0.3) is 0 Å². The normalized spacial score (nSPS) is 29.6. The number of nitrogens with zero attached hydrogens (tertiary/aromatic N) is 3. The summed E-state index contributed by atoms with van der Waals surface area (Å²) in [6, 6.07) is 19.5. The van der Waals surface area contributed by atoms with Gasteiger partial charge in [0.15, 0.2) is 0 Å². The van der Waals surface area contributed by atoms with E-state index in [0.29, 0.717) is 30.3 Å². The van der Waals surface area contributed by atoms with E-state index in [2.05, 4.69) is 85.7 Å². The van der Waals surface area contributed by atoms with Crippen molar-refractivity contribution in [2.24, 2.45) is 28.7 Å². The molecule has 5 nitrogen and oxygen atoms in total. The van der Waals surface area contributed by atoms with Crippen LogP contribution < -0.4 is 10.2 Å². The molecule has 0 aromatic heterocycles. The Bertz CT molecular complexity index is 1030. The predicted octanol–water partition coefficient (Wildman–Crippen LogP) is 4.37. The van der Waals surface area contributed by atoms with Gasteiger partial charge < -0.3 is 10.2 Å². The van der Waals surface area contributed by atoms with Crippen LogP contribution in [-0.2, 0) is 17.9 Å². The van der Waals surface area contributed by atoms with Crippen molar-refractivity contribution in [1.29, 1.82) is 0 Å². The monoisotopic (exact) mass is 458 g/mol. The van der Waals surface area contributed by atoms with Crippen LogP contribution in [0.2, 0.25) is 0 Å². The smallest absolute Gasteiger partial charge is 0.248 e. The van der Waals surface area contributed by atoms with Gasteiger partial charge in [0.2, 0.25) is 5.91 Å². The number of carbonyl (C=O) groups is 1. The highest BCUT2D eigenvalue weighted by molar-refractivity contribution is 5.91. The van der Waals surface area contributed by atoms with E-state index in [-0.39, 0.29) is 11.8 Å². The molecule has 180 valence electrons. The van der Waals surface area contributed by atoms with Crippen LogP contribution in [0.5, 0.6) is 0 Å². The maximum atomic E-state index is 13.8. The Morgan fingerprint density at radius 1 is 1.12 bits per heavy atom. The fourth-order valence-electron chi connectivity index (χ4n) is 6.60. The van der Waals surface area contributed by atoms with E-state index in [1.807, 2.05) is 18.2 Å². The average Bonchev–Trinajstić information content (AvgIpc) is 3.13. The summed E-state index contributed by atoms with van der Waals surface area (Å²) in [6.07, 6.45) is 4.05. The fraction of sp³-hybridized carbons (Fsp3) is 0.517.